The smallest absolute Gasteiger partial charge is 0.244 e. The Balaban J connectivity index is 1.84. The molecule has 2 aliphatic rings. The number of aryl methyl sites for hydroxylation is 1. The van der Waals surface area contributed by atoms with Gasteiger partial charge >= 0.3 is 0 Å². The fraction of sp³-hybridized carbons (Fsp3) is 0.500. The lowest BCUT2D eigenvalue weighted by atomic mass is 9.98. The maximum Gasteiger partial charge on any atom is 0.244 e. The van der Waals surface area contributed by atoms with Gasteiger partial charge in [-0.1, -0.05) is 18.9 Å². The number of carbonyl (C=O) groups is 1. The number of carbonyl (C=O) groups excluding carboxylic acids is 1. The molecule has 1 aromatic rings. The predicted molar refractivity (Wildman–Crippen MR) is 76.2 cm³/mol. The Morgan fingerprint density at radius 3 is 2.65 bits per heavy atom. The third-order valence-corrected chi connectivity index (χ3v) is 6.04. The van der Waals surface area contributed by atoms with E-state index in [1.165, 1.54) is 0 Å². The zero-order valence-electron chi connectivity index (χ0n) is 11.2. The molecule has 108 valence electrons. The van der Waals surface area contributed by atoms with Crippen LogP contribution in [0.1, 0.15) is 31.2 Å². The van der Waals surface area contributed by atoms with Gasteiger partial charge in [0.15, 0.2) is 9.84 Å². The molecule has 1 saturated carbocycles. The first-order valence-corrected chi connectivity index (χ1v) is 8.52. The average molecular weight is 294 g/mol. The zero-order chi connectivity index (χ0) is 14.4. The minimum atomic E-state index is -3.18. The van der Waals surface area contributed by atoms with E-state index in [2.05, 4.69) is 5.32 Å². The van der Waals surface area contributed by atoms with Crippen LogP contribution in [0.2, 0.25) is 0 Å². The molecule has 0 unspecified atom stereocenters. The number of rotatable bonds is 2. The molecule has 1 fully saturated rings. The van der Waals surface area contributed by atoms with Gasteiger partial charge in [-0.3, -0.25) is 4.79 Å². The van der Waals surface area contributed by atoms with E-state index in [0.29, 0.717) is 29.8 Å². The van der Waals surface area contributed by atoms with Crippen molar-refractivity contribution in [1.82, 2.24) is 0 Å². The summed E-state index contributed by atoms with van der Waals surface area (Å²) in [5.74, 6) is -0.0639. The van der Waals surface area contributed by atoms with Crippen molar-refractivity contribution in [2.75, 3.05) is 11.1 Å². The summed E-state index contributed by atoms with van der Waals surface area (Å²) in [7, 11) is -3.18. The van der Waals surface area contributed by atoms with Crippen LogP contribution in [0, 0.1) is 0 Å². The van der Waals surface area contributed by atoms with E-state index in [4.69, 9.17) is 5.73 Å². The highest BCUT2D eigenvalue weighted by molar-refractivity contribution is 7.91. The number of nitrogens with two attached hydrogens (primary N) is 1. The van der Waals surface area contributed by atoms with Crippen molar-refractivity contribution in [3.63, 3.8) is 0 Å². The highest BCUT2D eigenvalue weighted by atomic mass is 32.2. The van der Waals surface area contributed by atoms with E-state index in [1.807, 2.05) is 0 Å². The Bertz CT molecular complexity index is 661. The van der Waals surface area contributed by atoms with Gasteiger partial charge < -0.3 is 11.1 Å². The topological polar surface area (TPSA) is 89.3 Å². The summed E-state index contributed by atoms with van der Waals surface area (Å²) in [5.41, 5.74) is 6.61. The van der Waals surface area contributed by atoms with Crippen molar-refractivity contribution >= 4 is 21.4 Å². The van der Waals surface area contributed by atoms with Crippen molar-refractivity contribution in [3.8, 4) is 0 Å². The molecule has 1 amide bonds. The quantitative estimate of drug-likeness (QED) is 0.858. The predicted octanol–water partition coefficient (Wildman–Crippen LogP) is 1.23. The first-order valence-electron chi connectivity index (χ1n) is 6.87. The van der Waals surface area contributed by atoms with Crippen LogP contribution >= 0.6 is 0 Å². The van der Waals surface area contributed by atoms with Gasteiger partial charge in [0, 0.05) is 5.69 Å². The molecule has 5 nitrogen and oxygen atoms in total. The minimum Gasteiger partial charge on any atom is -0.324 e. The summed E-state index contributed by atoms with van der Waals surface area (Å²) in [4.78, 5) is 12.6. The molecule has 3 N–H and O–H groups in total. The van der Waals surface area contributed by atoms with E-state index in [1.54, 1.807) is 18.2 Å². The van der Waals surface area contributed by atoms with Crippen LogP contribution < -0.4 is 11.1 Å². The Kier molecular flexibility index (Phi) is 3.10. The van der Waals surface area contributed by atoms with Gasteiger partial charge in [-0.25, -0.2) is 8.42 Å². The van der Waals surface area contributed by atoms with Crippen LogP contribution in [0.3, 0.4) is 0 Å². The van der Waals surface area contributed by atoms with Gasteiger partial charge in [0.25, 0.3) is 0 Å². The summed E-state index contributed by atoms with van der Waals surface area (Å²) in [6, 6.07) is 5.07. The highest BCUT2D eigenvalue weighted by Crippen LogP contribution is 2.31. The summed E-state index contributed by atoms with van der Waals surface area (Å²) in [5, 5.41) is 2.76. The molecule has 0 aromatic heterocycles. The standard InChI is InChI=1S/C14H18N2O3S/c15-14(6-1-2-7-14)13(17)16-11-4-3-10-5-8-20(18,19)12(10)9-11/h3-4,9H,1-2,5-8,15H2,(H,16,17). The van der Waals surface area contributed by atoms with Crippen LogP contribution in [0.25, 0.3) is 0 Å². The van der Waals surface area contributed by atoms with E-state index < -0.39 is 15.4 Å². The molecule has 0 spiro atoms. The van der Waals surface area contributed by atoms with Gasteiger partial charge in [0.1, 0.15) is 0 Å². The van der Waals surface area contributed by atoms with Crippen molar-refractivity contribution in [3.05, 3.63) is 23.8 Å². The van der Waals surface area contributed by atoms with Crippen molar-refractivity contribution < 1.29 is 13.2 Å². The number of hydrogen-bond acceptors (Lipinski definition) is 4. The fourth-order valence-corrected chi connectivity index (χ4v) is 4.56. The molecule has 6 heteroatoms. The van der Waals surface area contributed by atoms with Crippen LogP contribution in [0.15, 0.2) is 23.1 Å². The molecule has 0 bridgehead atoms. The number of hydrogen-bond donors (Lipinski definition) is 2. The molecule has 0 saturated heterocycles. The summed E-state index contributed by atoms with van der Waals surface area (Å²) >= 11 is 0. The van der Waals surface area contributed by atoms with Gasteiger partial charge in [-0.05, 0) is 37.0 Å². The van der Waals surface area contributed by atoms with Gasteiger partial charge in [0.05, 0.1) is 16.2 Å². The Morgan fingerprint density at radius 1 is 1.25 bits per heavy atom. The lowest BCUT2D eigenvalue weighted by molar-refractivity contribution is -0.121. The molecular formula is C14H18N2O3S. The fourth-order valence-electron chi connectivity index (χ4n) is 2.97. The number of anilines is 1. The lowest BCUT2D eigenvalue weighted by Gasteiger charge is -2.22. The van der Waals surface area contributed by atoms with Gasteiger partial charge in [-0.15, -0.1) is 0 Å². The average Bonchev–Trinajstić information content (AvgIpc) is 2.96. The third-order valence-electron chi connectivity index (χ3n) is 4.25. The third kappa shape index (κ3) is 2.23. The largest absolute Gasteiger partial charge is 0.324 e. The molecule has 3 rings (SSSR count). The summed E-state index contributed by atoms with van der Waals surface area (Å²) in [6.45, 7) is 0. The second-order valence-electron chi connectivity index (χ2n) is 5.71. The molecule has 0 radical (unpaired) electrons. The SMILES string of the molecule is NC1(C(=O)Nc2ccc3c(c2)S(=O)(=O)CC3)CCCC1. The van der Waals surface area contributed by atoms with E-state index in [9.17, 15) is 13.2 Å². The van der Waals surface area contributed by atoms with E-state index in [-0.39, 0.29) is 11.7 Å². The first-order chi connectivity index (χ1) is 9.41. The second kappa shape index (κ2) is 4.56. The molecule has 1 aromatic carbocycles. The van der Waals surface area contributed by atoms with Crippen LogP contribution in [-0.4, -0.2) is 25.6 Å². The Hall–Kier alpha value is -1.40. The Morgan fingerprint density at radius 2 is 1.95 bits per heavy atom. The first kappa shape index (κ1) is 13.6. The zero-order valence-corrected chi connectivity index (χ0v) is 12.0. The maximum atomic E-state index is 12.2. The number of nitrogens with one attached hydrogen (secondary N) is 1. The number of benzene rings is 1. The number of amides is 1. The maximum absolute atomic E-state index is 12.2. The second-order valence-corrected chi connectivity index (χ2v) is 7.79. The minimum absolute atomic E-state index is 0.153. The van der Waals surface area contributed by atoms with Gasteiger partial charge in [0.2, 0.25) is 5.91 Å². The number of sulfone groups is 1. The number of fused-ring (bicyclic) bond motifs is 1. The summed E-state index contributed by atoms with van der Waals surface area (Å²) < 4.78 is 23.7. The highest BCUT2D eigenvalue weighted by Gasteiger charge is 2.37. The van der Waals surface area contributed by atoms with Gasteiger partial charge in [-0.2, -0.15) is 0 Å². The Labute approximate surface area is 118 Å². The monoisotopic (exact) mass is 294 g/mol. The molecule has 1 aliphatic heterocycles. The molecule has 0 atom stereocenters. The van der Waals surface area contributed by atoms with Crippen molar-refractivity contribution in [1.29, 1.82) is 0 Å². The van der Waals surface area contributed by atoms with Crippen molar-refractivity contribution in [2.45, 2.75) is 42.5 Å². The van der Waals surface area contributed by atoms with Crippen LogP contribution in [-0.2, 0) is 21.1 Å². The molecular weight excluding hydrogens is 276 g/mol. The van der Waals surface area contributed by atoms with Crippen LogP contribution in [0.5, 0.6) is 0 Å². The van der Waals surface area contributed by atoms with E-state index >= 15 is 0 Å². The molecule has 20 heavy (non-hydrogen) atoms. The molecule has 1 aliphatic carbocycles. The molecule has 1 heterocycles. The van der Waals surface area contributed by atoms with E-state index in [0.717, 1.165) is 18.4 Å². The normalized spacial score (nSPS) is 22.4. The summed E-state index contributed by atoms with van der Waals surface area (Å²) in [6.07, 6.45) is 3.84. The van der Waals surface area contributed by atoms with Crippen LogP contribution in [0.4, 0.5) is 5.69 Å². The lowest BCUT2D eigenvalue weighted by Crippen LogP contribution is -2.48. The van der Waals surface area contributed by atoms with Crippen molar-refractivity contribution in [2.24, 2.45) is 5.73 Å².